The van der Waals surface area contributed by atoms with E-state index in [-0.39, 0.29) is 41.8 Å². The maximum atomic E-state index is 13.6. The molecule has 160 valence electrons. The first-order chi connectivity index (χ1) is 14.9. The number of halogens is 1. The number of fused-ring (bicyclic) bond motifs is 1. The lowest BCUT2D eigenvalue weighted by molar-refractivity contribution is -0.118. The summed E-state index contributed by atoms with van der Waals surface area (Å²) in [5, 5.41) is 0.410. The van der Waals surface area contributed by atoms with Gasteiger partial charge in [0.1, 0.15) is 11.6 Å². The largest absolute Gasteiger partial charge is 0.467 e. The number of nitrogens with zero attached hydrogens (tertiary/aromatic N) is 2. The zero-order valence-corrected chi connectivity index (χ0v) is 18.0. The first-order valence-electron chi connectivity index (χ1n) is 9.59. The molecule has 0 saturated heterocycles. The molecule has 0 aliphatic heterocycles. The highest BCUT2D eigenvalue weighted by atomic mass is 32.2. The second kappa shape index (κ2) is 8.99. The van der Waals surface area contributed by atoms with Gasteiger partial charge >= 0.3 is 0 Å². The summed E-state index contributed by atoms with van der Waals surface area (Å²) in [7, 11) is -3.47. The lowest BCUT2D eigenvalue weighted by atomic mass is 10.3. The molecule has 4 rings (SSSR count). The lowest BCUT2D eigenvalue weighted by Crippen LogP contribution is -2.30. The van der Waals surface area contributed by atoms with Crippen molar-refractivity contribution in [2.45, 2.75) is 24.3 Å². The van der Waals surface area contributed by atoms with Crippen LogP contribution in [0.25, 0.3) is 10.2 Å². The average molecular weight is 459 g/mol. The fourth-order valence-electron chi connectivity index (χ4n) is 3.12. The molecule has 2 heterocycles. The van der Waals surface area contributed by atoms with Crippen molar-refractivity contribution in [2.75, 3.05) is 10.7 Å². The topological polar surface area (TPSA) is 80.5 Å². The molecule has 0 spiro atoms. The zero-order valence-electron chi connectivity index (χ0n) is 16.4. The third-order valence-corrected chi connectivity index (χ3v) is 7.53. The number of benzene rings is 2. The van der Waals surface area contributed by atoms with Crippen molar-refractivity contribution >= 4 is 42.4 Å². The van der Waals surface area contributed by atoms with E-state index in [2.05, 4.69) is 4.98 Å². The van der Waals surface area contributed by atoms with Crippen LogP contribution in [0, 0.1) is 5.82 Å². The van der Waals surface area contributed by atoms with Gasteiger partial charge in [-0.3, -0.25) is 9.69 Å². The maximum Gasteiger partial charge on any atom is 0.229 e. The van der Waals surface area contributed by atoms with Crippen LogP contribution < -0.4 is 4.90 Å². The van der Waals surface area contributed by atoms with Gasteiger partial charge in [0, 0.05) is 6.42 Å². The number of anilines is 1. The second-order valence-electron chi connectivity index (χ2n) is 6.90. The highest BCUT2D eigenvalue weighted by Gasteiger charge is 2.22. The van der Waals surface area contributed by atoms with Crippen LogP contribution in [0.4, 0.5) is 9.52 Å². The SMILES string of the molecule is O=C(CCCS(=O)(=O)c1ccccc1)N(Cc1ccco1)c1nc2ccc(F)cc2s1. The fraction of sp³-hybridized carbons (Fsp3) is 0.182. The number of carbonyl (C=O) groups excluding carboxylic acids is 1. The Morgan fingerprint density at radius 2 is 1.90 bits per heavy atom. The van der Waals surface area contributed by atoms with Gasteiger partial charge in [-0.1, -0.05) is 29.5 Å². The van der Waals surface area contributed by atoms with E-state index in [1.807, 2.05) is 0 Å². The van der Waals surface area contributed by atoms with Crippen LogP contribution in [0.2, 0.25) is 0 Å². The Bertz CT molecular complexity index is 1290. The Hall–Kier alpha value is -3.04. The molecule has 1 amide bonds. The molecule has 0 unspecified atom stereocenters. The van der Waals surface area contributed by atoms with Gasteiger partial charge in [0.05, 0.1) is 33.7 Å². The zero-order chi connectivity index (χ0) is 21.8. The van der Waals surface area contributed by atoms with Gasteiger partial charge < -0.3 is 4.42 Å². The summed E-state index contributed by atoms with van der Waals surface area (Å²) in [5.41, 5.74) is 0.588. The van der Waals surface area contributed by atoms with E-state index in [1.54, 1.807) is 48.5 Å². The average Bonchev–Trinajstić information content (AvgIpc) is 3.41. The van der Waals surface area contributed by atoms with Crippen molar-refractivity contribution in [3.8, 4) is 0 Å². The third-order valence-electron chi connectivity index (χ3n) is 4.67. The van der Waals surface area contributed by atoms with Gasteiger partial charge in [-0.05, 0) is 48.9 Å². The van der Waals surface area contributed by atoms with E-state index in [1.165, 1.54) is 34.6 Å². The minimum absolute atomic E-state index is 0.0249. The van der Waals surface area contributed by atoms with Crippen molar-refractivity contribution in [3.05, 3.63) is 78.5 Å². The number of amides is 1. The van der Waals surface area contributed by atoms with Gasteiger partial charge in [0.25, 0.3) is 0 Å². The number of furan rings is 1. The standard InChI is InChI=1S/C22H19FN2O4S2/c23-16-10-11-19-20(14-16)30-22(24-19)25(15-17-6-4-12-29-17)21(26)9-5-13-31(27,28)18-7-2-1-3-8-18/h1-4,6-8,10-12,14H,5,9,13,15H2. The molecule has 0 atom stereocenters. The Labute approximate surface area is 182 Å². The molecule has 0 fully saturated rings. The van der Waals surface area contributed by atoms with E-state index in [0.717, 1.165) is 0 Å². The quantitative estimate of drug-likeness (QED) is 0.378. The smallest absolute Gasteiger partial charge is 0.229 e. The Kier molecular flexibility index (Phi) is 6.15. The van der Waals surface area contributed by atoms with Gasteiger partial charge in [0.2, 0.25) is 5.91 Å². The highest BCUT2D eigenvalue weighted by Crippen LogP contribution is 2.31. The van der Waals surface area contributed by atoms with Crippen molar-refractivity contribution in [1.29, 1.82) is 0 Å². The predicted molar refractivity (Wildman–Crippen MR) is 117 cm³/mol. The lowest BCUT2D eigenvalue weighted by Gasteiger charge is -2.18. The summed E-state index contributed by atoms with van der Waals surface area (Å²) >= 11 is 1.20. The van der Waals surface area contributed by atoms with Crippen LogP contribution in [0.15, 0.2) is 76.2 Å². The Morgan fingerprint density at radius 3 is 2.65 bits per heavy atom. The van der Waals surface area contributed by atoms with Crippen LogP contribution in [0.1, 0.15) is 18.6 Å². The summed E-state index contributed by atoms with van der Waals surface area (Å²) in [4.78, 5) is 19.2. The normalized spacial score (nSPS) is 11.6. The van der Waals surface area contributed by atoms with Crippen LogP contribution >= 0.6 is 11.3 Å². The predicted octanol–water partition coefficient (Wildman–Crippen LogP) is 4.82. The highest BCUT2D eigenvalue weighted by molar-refractivity contribution is 7.91. The molecular formula is C22H19FN2O4S2. The van der Waals surface area contributed by atoms with Crippen LogP contribution in [-0.4, -0.2) is 25.1 Å². The third kappa shape index (κ3) is 5.00. The van der Waals surface area contributed by atoms with E-state index in [4.69, 9.17) is 4.42 Å². The number of sulfone groups is 1. The first kappa shape index (κ1) is 21.2. The molecule has 2 aromatic heterocycles. The summed E-state index contributed by atoms with van der Waals surface area (Å²) in [6, 6.07) is 15.9. The summed E-state index contributed by atoms with van der Waals surface area (Å²) in [6.07, 6.45) is 1.71. The van der Waals surface area contributed by atoms with Gasteiger partial charge in [-0.15, -0.1) is 0 Å². The van der Waals surface area contributed by atoms with Gasteiger partial charge in [0.15, 0.2) is 15.0 Å². The number of carbonyl (C=O) groups is 1. The molecule has 0 aliphatic carbocycles. The molecule has 2 aromatic carbocycles. The summed E-state index contributed by atoms with van der Waals surface area (Å²) < 4.78 is 44.5. The molecular weight excluding hydrogens is 439 g/mol. The molecule has 0 N–H and O–H groups in total. The minimum Gasteiger partial charge on any atom is -0.467 e. The van der Waals surface area contributed by atoms with E-state index < -0.39 is 9.84 Å². The van der Waals surface area contributed by atoms with Crippen molar-refractivity contribution in [2.24, 2.45) is 0 Å². The molecule has 0 aliphatic rings. The van der Waals surface area contributed by atoms with Crippen molar-refractivity contribution < 1.29 is 22.0 Å². The second-order valence-corrected chi connectivity index (χ2v) is 10.0. The molecule has 9 heteroatoms. The first-order valence-corrected chi connectivity index (χ1v) is 12.1. The number of aromatic nitrogens is 1. The van der Waals surface area contributed by atoms with Crippen LogP contribution in [0.5, 0.6) is 0 Å². The number of rotatable bonds is 8. The number of hydrogen-bond donors (Lipinski definition) is 0. The molecule has 0 bridgehead atoms. The van der Waals surface area contributed by atoms with E-state index in [9.17, 15) is 17.6 Å². The van der Waals surface area contributed by atoms with Gasteiger partial charge in [-0.25, -0.2) is 17.8 Å². The monoisotopic (exact) mass is 458 g/mol. The van der Waals surface area contributed by atoms with E-state index >= 15 is 0 Å². The molecule has 6 nitrogen and oxygen atoms in total. The van der Waals surface area contributed by atoms with Gasteiger partial charge in [-0.2, -0.15) is 0 Å². The maximum absolute atomic E-state index is 13.6. The minimum atomic E-state index is -3.47. The molecule has 31 heavy (non-hydrogen) atoms. The van der Waals surface area contributed by atoms with Crippen molar-refractivity contribution in [1.82, 2.24) is 4.98 Å². The number of thiazole rings is 1. The molecule has 0 radical (unpaired) electrons. The van der Waals surface area contributed by atoms with Crippen LogP contribution in [0.3, 0.4) is 0 Å². The van der Waals surface area contributed by atoms with Crippen LogP contribution in [-0.2, 0) is 21.2 Å². The summed E-state index contributed by atoms with van der Waals surface area (Å²) in [5.74, 6) is -0.227. The number of hydrogen-bond acceptors (Lipinski definition) is 6. The summed E-state index contributed by atoms with van der Waals surface area (Å²) in [6.45, 7) is 0.152. The molecule has 0 saturated carbocycles. The Balaban J connectivity index is 1.51. The van der Waals surface area contributed by atoms with Crippen molar-refractivity contribution in [3.63, 3.8) is 0 Å². The van der Waals surface area contributed by atoms with E-state index in [0.29, 0.717) is 21.1 Å². The Morgan fingerprint density at radius 1 is 1.10 bits per heavy atom. The fourth-order valence-corrected chi connectivity index (χ4v) is 5.46. The molecule has 4 aromatic rings.